The number of aromatic nitrogens is 4. The first kappa shape index (κ1) is 25.7. The maximum Gasteiger partial charge on any atom is 0.338 e. The van der Waals surface area contributed by atoms with E-state index in [2.05, 4.69) is 50.5 Å². The van der Waals surface area contributed by atoms with Crippen LogP contribution in [0.5, 0.6) is 0 Å². The van der Waals surface area contributed by atoms with Crippen LogP contribution in [-0.4, -0.2) is 50.0 Å². The number of hydrogen-bond acceptors (Lipinski definition) is 7. The van der Waals surface area contributed by atoms with Gasteiger partial charge in [0.25, 0.3) is 17.6 Å². The van der Waals surface area contributed by atoms with Crippen LogP contribution in [0.1, 0.15) is 73.3 Å². The van der Waals surface area contributed by atoms with Crippen LogP contribution in [0.4, 0.5) is 0 Å². The molecule has 6 rings (SSSR count). The van der Waals surface area contributed by atoms with Gasteiger partial charge in [-0.15, -0.1) is 0 Å². The minimum Gasteiger partial charge on any atom is -0.458 e. The average Bonchev–Trinajstić information content (AvgIpc) is 3.70. The van der Waals surface area contributed by atoms with Crippen LogP contribution < -0.4 is 10.6 Å². The monoisotopic (exact) mass is 538 g/mol. The highest BCUT2D eigenvalue weighted by molar-refractivity contribution is 5.98. The van der Waals surface area contributed by atoms with E-state index in [-0.39, 0.29) is 47.7 Å². The van der Waals surface area contributed by atoms with Gasteiger partial charge in [0.05, 0.1) is 11.6 Å². The SMILES string of the molecule is C=CCOC(=O)c1ccc2c(c1C)CC[C@@H]2NC(=O)c1cc(C(=O)N[C@@H]2CCC3C=CC=CC32)nc2ncnn12. The van der Waals surface area contributed by atoms with Gasteiger partial charge < -0.3 is 15.4 Å². The van der Waals surface area contributed by atoms with Gasteiger partial charge in [-0.2, -0.15) is 14.6 Å². The standard InChI is InChI=1S/C30H30N6O4/c1-3-14-40-29(39)20-9-10-22-19(17(20)2)11-13-24(22)34-28(38)26-15-25(35-30-31-16-32-36(26)30)27(37)33-23-12-8-18-6-4-5-7-21(18)23/h3-7,9-10,15-16,18,21,23-24H,1,8,11-14H2,2H3,(H,33,37)(H,34,38)/t18?,21?,23-,24+/m1/s1. The van der Waals surface area contributed by atoms with Crippen molar-refractivity contribution in [2.45, 2.75) is 44.7 Å². The fourth-order valence-corrected chi connectivity index (χ4v) is 6.15. The first-order valence-corrected chi connectivity index (χ1v) is 13.5. The van der Waals surface area contributed by atoms with E-state index < -0.39 is 11.9 Å². The van der Waals surface area contributed by atoms with Gasteiger partial charge in [0.15, 0.2) is 0 Å². The second-order valence-electron chi connectivity index (χ2n) is 10.4. The summed E-state index contributed by atoms with van der Waals surface area (Å²) in [5.74, 6) is -0.274. The van der Waals surface area contributed by atoms with Gasteiger partial charge >= 0.3 is 5.97 Å². The molecule has 0 radical (unpaired) electrons. The van der Waals surface area contributed by atoms with E-state index in [1.165, 1.54) is 23.0 Å². The zero-order valence-corrected chi connectivity index (χ0v) is 22.2. The number of nitrogens with zero attached hydrogens (tertiary/aromatic N) is 4. The van der Waals surface area contributed by atoms with Crippen molar-refractivity contribution in [1.82, 2.24) is 30.2 Å². The molecule has 2 aromatic heterocycles. The van der Waals surface area contributed by atoms with Crippen molar-refractivity contribution in [3.63, 3.8) is 0 Å². The Morgan fingerprint density at radius 1 is 1.12 bits per heavy atom. The summed E-state index contributed by atoms with van der Waals surface area (Å²) < 4.78 is 6.55. The number of benzene rings is 1. The molecule has 1 fully saturated rings. The summed E-state index contributed by atoms with van der Waals surface area (Å²) in [6.45, 7) is 5.62. The largest absolute Gasteiger partial charge is 0.458 e. The second kappa shape index (κ2) is 10.5. The number of carbonyl (C=O) groups is 3. The predicted molar refractivity (Wildman–Crippen MR) is 147 cm³/mol. The Bertz CT molecular complexity index is 1590. The minimum absolute atomic E-state index is 0.00375. The summed E-state index contributed by atoms with van der Waals surface area (Å²) >= 11 is 0. The number of ether oxygens (including phenoxy) is 1. The van der Waals surface area contributed by atoms with E-state index in [1.54, 1.807) is 6.07 Å². The molecule has 204 valence electrons. The van der Waals surface area contributed by atoms with Gasteiger partial charge in [-0.1, -0.05) is 43.0 Å². The molecule has 2 unspecified atom stereocenters. The van der Waals surface area contributed by atoms with Crippen molar-refractivity contribution < 1.29 is 19.1 Å². The molecule has 0 saturated heterocycles. The fourth-order valence-electron chi connectivity index (χ4n) is 6.15. The number of amides is 2. The predicted octanol–water partition coefficient (Wildman–Crippen LogP) is 3.44. The molecule has 10 heteroatoms. The lowest BCUT2D eigenvalue weighted by Crippen LogP contribution is -2.39. The topological polar surface area (TPSA) is 128 Å². The highest BCUT2D eigenvalue weighted by atomic mass is 16.5. The number of allylic oxidation sites excluding steroid dienone is 3. The van der Waals surface area contributed by atoms with Gasteiger partial charge in [0, 0.05) is 18.0 Å². The van der Waals surface area contributed by atoms with Crippen LogP contribution in [0.2, 0.25) is 0 Å². The highest BCUT2D eigenvalue weighted by Gasteiger charge is 2.35. The van der Waals surface area contributed by atoms with Crippen LogP contribution >= 0.6 is 0 Å². The third-order valence-electron chi connectivity index (χ3n) is 8.16. The summed E-state index contributed by atoms with van der Waals surface area (Å²) in [6.07, 6.45) is 14.5. The molecule has 2 heterocycles. The summed E-state index contributed by atoms with van der Waals surface area (Å²) in [7, 11) is 0. The van der Waals surface area contributed by atoms with Crippen molar-refractivity contribution in [3.05, 3.63) is 95.1 Å². The molecule has 0 bridgehead atoms. The van der Waals surface area contributed by atoms with Gasteiger partial charge in [-0.05, 0) is 61.3 Å². The zero-order chi connectivity index (χ0) is 27.8. The van der Waals surface area contributed by atoms with Crippen LogP contribution in [0.3, 0.4) is 0 Å². The normalized spacial score (nSPS) is 22.5. The van der Waals surface area contributed by atoms with E-state index in [0.717, 1.165) is 29.5 Å². The Morgan fingerprint density at radius 3 is 2.83 bits per heavy atom. The molecular formula is C30H30N6O4. The quantitative estimate of drug-likeness (QED) is 0.348. The second-order valence-corrected chi connectivity index (χ2v) is 10.4. The van der Waals surface area contributed by atoms with Crippen LogP contribution in [-0.2, 0) is 11.2 Å². The Hall–Kier alpha value is -4.60. The van der Waals surface area contributed by atoms with Crippen molar-refractivity contribution >= 4 is 23.6 Å². The summed E-state index contributed by atoms with van der Waals surface area (Å²) in [5.41, 5.74) is 3.64. The number of esters is 1. The van der Waals surface area contributed by atoms with Crippen molar-refractivity contribution in [3.8, 4) is 0 Å². The molecule has 10 nitrogen and oxygen atoms in total. The molecule has 40 heavy (non-hydrogen) atoms. The molecule has 2 N–H and O–H groups in total. The average molecular weight is 539 g/mol. The lowest BCUT2D eigenvalue weighted by Gasteiger charge is -2.22. The van der Waals surface area contributed by atoms with Crippen molar-refractivity contribution in [2.75, 3.05) is 6.61 Å². The molecule has 3 aliphatic rings. The lowest BCUT2D eigenvalue weighted by molar-refractivity contribution is 0.0548. The third-order valence-corrected chi connectivity index (χ3v) is 8.16. The number of carbonyl (C=O) groups excluding carboxylic acids is 3. The van der Waals surface area contributed by atoms with Gasteiger partial charge in [-0.3, -0.25) is 9.59 Å². The summed E-state index contributed by atoms with van der Waals surface area (Å²) in [6, 6.07) is 4.81. The first-order valence-electron chi connectivity index (χ1n) is 13.5. The van der Waals surface area contributed by atoms with Crippen molar-refractivity contribution in [1.29, 1.82) is 0 Å². The Balaban J connectivity index is 1.22. The Morgan fingerprint density at radius 2 is 1.98 bits per heavy atom. The first-order chi connectivity index (χ1) is 19.4. The lowest BCUT2D eigenvalue weighted by atomic mass is 9.90. The number of nitrogens with one attached hydrogen (secondary N) is 2. The summed E-state index contributed by atoms with van der Waals surface area (Å²) in [5, 5.41) is 10.4. The summed E-state index contributed by atoms with van der Waals surface area (Å²) in [4.78, 5) is 47.8. The molecule has 3 aliphatic carbocycles. The fraction of sp³-hybridized carbons (Fsp3) is 0.333. The molecule has 0 spiro atoms. The van der Waals surface area contributed by atoms with E-state index >= 15 is 0 Å². The van der Waals surface area contributed by atoms with E-state index in [0.29, 0.717) is 24.3 Å². The smallest absolute Gasteiger partial charge is 0.338 e. The van der Waals surface area contributed by atoms with Crippen molar-refractivity contribution in [2.24, 2.45) is 11.8 Å². The van der Waals surface area contributed by atoms with E-state index in [1.807, 2.05) is 19.1 Å². The Labute approximate surface area is 231 Å². The molecule has 3 aromatic rings. The molecule has 0 aliphatic heterocycles. The number of rotatable bonds is 7. The number of hydrogen-bond donors (Lipinski definition) is 2. The van der Waals surface area contributed by atoms with E-state index in [9.17, 15) is 14.4 Å². The molecule has 2 amide bonds. The van der Waals surface area contributed by atoms with Crippen LogP contribution in [0.25, 0.3) is 5.78 Å². The minimum atomic E-state index is -0.395. The van der Waals surface area contributed by atoms with E-state index in [4.69, 9.17) is 4.74 Å². The van der Waals surface area contributed by atoms with Gasteiger partial charge in [0.1, 0.15) is 24.3 Å². The molecule has 1 aromatic carbocycles. The third kappa shape index (κ3) is 4.59. The number of fused-ring (bicyclic) bond motifs is 3. The zero-order valence-electron chi connectivity index (χ0n) is 22.2. The van der Waals surface area contributed by atoms with Crippen LogP contribution in [0.15, 0.2) is 61.5 Å². The maximum absolute atomic E-state index is 13.5. The van der Waals surface area contributed by atoms with Gasteiger partial charge in [-0.25, -0.2) is 9.78 Å². The molecule has 1 saturated carbocycles. The Kier molecular flexibility index (Phi) is 6.75. The highest BCUT2D eigenvalue weighted by Crippen LogP contribution is 2.37. The molecule has 4 atom stereocenters. The van der Waals surface area contributed by atoms with Crippen LogP contribution in [0, 0.1) is 18.8 Å². The van der Waals surface area contributed by atoms with Gasteiger partial charge in [0.2, 0.25) is 0 Å². The molecular weight excluding hydrogens is 508 g/mol. The maximum atomic E-state index is 13.5.